The first-order chi connectivity index (χ1) is 9.71. The highest BCUT2D eigenvalue weighted by molar-refractivity contribution is 5.42. The highest BCUT2D eigenvalue weighted by atomic mass is 16.5. The molecule has 1 heterocycles. The summed E-state index contributed by atoms with van der Waals surface area (Å²) in [7, 11) is 0. The lowest BCUT2D eigenvalue weighted by Crippen LogP contribution is -2.27. The van der Waals surface area contributed by atoms with Gasteiger partial charge in [0.25, 0.3) is 0 Å². The van der Waals surface area contributed by atoms with E-state index in [1.54, 1.807) is 0 Å². The second kappa shape index (κ2) is 5.29. The Bertz CT molecular complexity index is 592. The van der Waals surface area contributed by atoms with Crippen LogP contribution in [-0.4, -0.2) is 11.7 Å². The average molecular weight is 268 g/mol. The molecule has 0 aliphatic carbocycles. The second-order valence-corrected chi connectivity index (χ2v) is 5.47. The molecular formula is C18H20O2. The molecule has 104 valence electrons. The van der Waals surface area contributed by atoms with E-state index in [1.807, 2.05) is 37.3 Å². The van der Waals surface area contributed by atoms with E-state index in [9.17, 15) is 5.11 Å². The van der Waals surface area contributed by atoms with Crippen molar-refractivity contribution in [3.05, 3.63) is 65.2 Å². The summed E-state index contributed by atoms with van der Waals surface area (Å²) in [4.78, 5) is 0. The normalized spacial score (nSPS) is 16.3. The predicted molar refractivity (Wildman–Crippen MR) is 80.0 cm³/mol. The Kier molecular flexibility index (Phi) is 3.49. The van der Waals surface area contributed by atoms with Gasteiger partial charge in [0.2, 0.25) is 0 Å². The van der Waals surface area contributed by atoms with Crippen LogP contribution in [0.5, 0.6) is 5.75 Å². The Morgan fingerprint density at radius 1 is 1.15 bits per heavy atom. The van der Waals surface area contributed by atoms with Gasteiger partial charge in [-0.3, -0.25) is 0 Å². The first kappa shape index (κ1) is 13.2. The Balaban J connectivity index is 1.92. The Hall–Kier alpha value is -1.80. The lowest BCUT2D eigenvalue weighted by Gasteiger charge is -2.28. The third kappa shape index (κ3) is 2.44. The van der Waals surface area contributed by atoms with E-state index >= 15 is 0 Å². The zero-order chi connectivity index (χ0) is 14.0. The van der Waals surface area contributed by atoms with Gasteiger partial charge < -0.3 is 9.84 Å². The van der Waals surface area contributed by atoms with Gasteiger partial charge in [0.15, 0.2) is 0 Å². The maximum atomic E-state index is 11.0. The lowest BCUT2D eigenvalue weighted by molar-refractivity contribution is 0.0326. The molecule has 1 aliphatic heterocycles. The van der Waals surface area contributed by atoms with E-state index in [2.05, 4.69) is 18.2 Å². The number of rotatable bonds is 4. The molecule has 0 saturated carbocycles. The fourth-order valence-electron chi connectivity index (χ4n) is 2.84. The molecule has 3 rings (SSSR count). The van der Waals surface area contributed by atoms with E-state index in [4.69, 9.17) is 4.74 Å². The van der Waals surface area contributed by atoms with E-state index in [1.165, 1.54) is 5.56 Å². The standard InChI is InChI=1S/C18H20O2/c1-2-18(19,13-14-6-4-3-5-7-14)16-8-9-17-15(12-16)10-11-20-17/h3-9,12,19H,2,10-11,13H2,1H3. The molecule has 0 saturated heterocycles. The molecule has 2 aromatic carbocycles. The fourth-order valence-corrected chi connectivity index (χ4v) is 2.84. The summed E-state index contributed by atoms with van der Waals surface area (Å²) < 4.78 is 5.54. The predicted octanol–water partition coefficient (Wildman–Crippen LogP) is 3.46. The number of benzene rings is 2. The minimum atomic E-state index is -0.807. The SMILES string of the molecule is CCC(O)(Cc1ccccc1)c1ccc2c(c1)CCO2. The molecule has 2 heteroatoms. The summed E-state index contributed by atoms with van der Waals surface area (Å²) in [6, 6.07) is 16.3. The summed E-state index contributed by atoms with van der Waals surface area (Å²) in [5.41, 5.74) is 2.56. The highest BCUT2D eigenvalue weighted by Crippen LogP contribution is 2.34. The monoisotopic (exact) mass is 268 g/mol. The minimum absolute atomic E-state index is 0.643. The quantitative estimate of drug-likeness (QED) is 0.920. The average Bonchev–Trinajstić information content (AvgIpc) is 2.95. The van der Waals surface area contributed by atoms with Crippen LogP contribution in [0.15, 0.2) is 48.5 Å². The van der Waals surface area contributed by atoms with Crippen LogP contribution in [0.25, 0.3) is 0 Å². The van der Waals surface area contributed by atoms with Gasteiger partial charge in [0.05, 0.1) is 12.2 Å². The topological polar surface area (TPSA) is 29.5 Å². The molecule has 1 N–H and O–H groups in total. The van der Waals surface area contributed by atoms with Crippen LogP contribution >= 0.6 is 0 Å². The van der Waals surface area contributed by atoms with E-state index in [0.717, 1.165) is 29.9 Å². The van der Waals surface area contributed by atoms with E-state index in [-0.39, 0.29) is 0 Å². The summed E-state index contributed by atoms with van der Waals surface area (Å²) in [5, 5.41) is 11.0. The maximum Gasteiger partial charge on any atom is 0.122 e. The number of hydrogen-bond acceptors (Lipinski definition) is 2. The van der Waals surface area contributed by atoms with Crippen molar-refractivity contribution < 1.29 is 9.84 Å². The van der Waals surface area contributed by atoms with Gasteiger partial charge >= 0.3 is 0 Å². The van der Waals surface area contributed by atoms with Crippen molar-refractivity contribution in [2.45, 2.75) is 31.8 Å². The third-order valence-corrected chi connectivity index (χ3v) is 4.15. The summed E-state index contributed by atoms with van der Waals surface area (Å²) in [6.07, 6.45) is 2.28. The molecule has 0 spiro atoms. The van der Waals surface area contributed by atoms with Crippen LogP contribution in [0.4, 0.5) is 0 Å². The fraction of sp³-hybridized carbons (Fsp3) is 0.333. The number of ether oxygens (including phenoxy) is 1. The third-order valence-electron chi connectivity index (χ3n) is 4.15. The number of aliphatic hydroxyl groups is 1. The minimum Gasteiger partial charge on any atom is -0.493 e. The van der Waals surface area contributed by atoms with Crippen molar-refractivity contribution in [3.8, 4) is 5.75 Å². The summed E-state index contributed by atoms with van der Waals surface area (Å²) in [6.45, 7) is 2.79. The van der Waals surface area contributed by atoms with Crippen LogP contribution in [0.3, 0.4) is 0 Å². The molecule has 1 atom stereocenters. The maximum absolute atomic E-state index is 11.0. The molecule has 1 unspecified atom stereocenters. The summed E-state index contributed by atoms with van der Waals surface area (Å²) >= 11 is 0. The van der Waals surface area contributed by atoms with Crippen molar-refractivity contribution >= 4 is 0 Å². The van der Waals surface area contributed by atoms with Crippen molar-refractivity contribution in [1.82, 2.24) is 0 Å². The molecule has 2 aromatic rings. The van der Waals surface area contributed by atoms with Gasteiger partial charge in [0, 0.05) is 12.8 Å². The second-order valence-electron chi connectivity index (χ2n) is 5.47. The van der Waals surface area contributed by atoms with Crippen molar-refractivity contribution in [3.63, 3.8) is 0 Å². The Morgan fingerprint density at radius 2 is 1.95 bits per heavy atom. The van der Waals surface area contributed by atoms with Crippen molar-refractivity contribution in [2.24, 2.45) is 0 Å². The highest BCUT2D eigenvalue weighted by Gasteiger charge is 2.29. The van der Waals surface area contributed by atoms with Crippen LogP contribution in [-0.2, 0) is 18.4 Å². The molecule has 0 fully saturated rings. The lowest BCUT2D eigenvalue weighted by atomic mass is 9.84. The van der Waals surface area contributed by atoms with Gasteiger partial charge in [-0.2, -0.15) is 0 Å². The molecule has 20 heavy (non-hydrogen) atoms. The van der Waals surface area contributed by atoms with Crippen LogP contribution in [0, 0.1) is 0 Å². The van der Waals surface area contributed by atoms with Crippen LogP contribution in [0.1, 0.15) is 30.0 Å². The molecule has 0 bridgehead atoms. The van der Waals surface area contributed by atoms with Gasteiger partial charge in [-0.25, -0.2) is 0 Å². The van der Waals surface area contributed by atoms with Gasteiger partial charge in [-0.05, 0) is 35.2 Å². The molecular weight excluding hydrogens is 248 g/mol. The van der Waals surface area contributed by atoms with Gasteiger partial charge in [0.1, 0.15) is 5.75 Å². The first-order valence-electron chi connectivity index (χ1n) is 7.24. The van der Waals surface area contributed by atoms with E-state index < -0.39 is 5.60 Å². The first-order valence-corrected chi connectivity index (χ1v) is 7.24. The zero-order valence-electron chi connectivity index (χ0n) is 11.8. The summed E-state index contributed by atoms with van der Waals surface area (Å²) in [5.74, 6) is 0.965. The van der Waals surface area contributed by atoms with Gasteiger partial charge in [-0.1, -0.05) is 43.3 Å². The molecule has 0 aromatic heterocycles. The molecule has 0 radical (unpaired) electrons. The largest absolute Gasteiger partial charge is 0.493 e. The van der Waals surface area contributed by atoms with Crippen molar-refractivity contribution in [2.75, 3.05) is 6.61 Å². The van der Waals surface area contributed by atoms with Crippen LogP contribution < -0.4 is 4.74 Å². The van der Waals surface area contributed by atoms with Crippen molar-refractivity contribution in [1.29, 1.82) is 0 Å². The van der Waals surface area contributed by atoms with Crippen LogP contribution in [0.2, 0.25) is 0 Å². The zero-order valence-corrected chi connectivity index (χ0v) is 11.8. The molecule has 1 aliphatic rings. The Labute approximate surface area is 120 Å². The van der Waals surface area contributed by atoms with Gasteiger partial charge in [-0.15, -0.1) is 0 Å². The molecule has 2 nitrogen and oxygen atoms in total. The number of hydrogen-bond donors (Lipinski definition) is 1. The smallest absolute Gasteiger partial charge is 0.122 e. The molecule has 0 amide bonds. The van der Waals surface area contributed by atoms with E-state index in [0.29, 0.717) is 12.8 Å². The Morgan fingerprint density at radius 3 is 2.70 bits per heavy atom. The number of fused-ring (bicyclic) bond motifs is 1.